The predicted octanol–water partition coefficient (Wildman–Crippen LogP) is 3.19. The summed E-state index contributed by atoms with van der Waals surface area (Å²) in [6.07, 6.45) is 4.24. The van der Waals surface area contributed by atoms with Gasteiger partial charge in [0.1, 0.15) is 11.8 Å². The highest BCUT2D eigenvalue weighted by Gasteiger charge is 2.18. The maximum absolute atomic E-state index is 12.0. The van der Waals surface area contributed by atoms with E-state index < -0.39 is 11.9 Å². The minimum absolute atomic E-state index is 0.269. The predicted molar refractivity (Wildman–Crippen MR) is 84.4 cm³/mol. The number of fused-ring (bicyclic) bond motifs is 1. The molecule has 2 aromatic rings. The van der Waals surface area contributed by atoms with Crippen LogP contribution in [0.1, 0.15) is 29.8 Å². The Kier molecular flexibility index (Phi) is 5.41. The molecule has 6 nitrogen and oxygen atoms in total. The summed E-state index contributed by atoms with van der Waals surface area (Å²) in [5, 5.41) is 0.561. The molecule has 0 amide bonds. The summed E-state index contributed by atoms with van der Waals surface area (Å²) in [5.41, 5.74) is 1.43. The molecule has 0 unspecified atom stereocenters. The maximum atomic E-state index is 12.0. The van der Waals surface area contributed by atoms with Gasteiger partial charge in [-0.15, -0.1) is 0 Å². The van der Waals surface area contributed by atoms with Crippen molar-refractivity contribution < 1.29 is 28.2 Å². The van der Waals surface area contributed by atoms with Crippen LogP contribution in [0.15, 0.2) is 28.9 Å². The smallest absolute Gasteiger partial charge is 0.342 e. The molecule has 2 rings (SSSR count). The second-order valence-electron chi connectivity index (χ2n) is 4.56. The van der Waals surface area contributed by atoms with E-state index in [4.69, 9.17) is 18.6 Å². The topological polar surface area (TPSA) is 75.0 Å². The lowest BCUT2D eigenvalue weighted by molar-refractivity contribution is -0.137. The molecule has 0 fully saturated rings. The van der Waals surface area contributed by atoms with Gasteiger partial charge >= 0.3 is 11.9 Å². The number of hydrogen-bond donors (Lipinski definition) is 0. The normalized spacial score (nSPS) is 10.9. The third kappa shape index (κ3) is 3.71. The van der Waals surface area contributed by atoms with E-state index in [2.05, 4.69) is 0 Å². The third-order valence-corrected chi connectivity index (χ3v) is 3.08. The van der Waals surface area contributed by atoms with Gasteiger partial charge in [0, 0.05) is 11.5 Å². The Hall–Kier alpha value is -2.76. The molecule has 0 aliphatic heterocycles. The monoisotopic (exact) mass is 318 g/mol. The summed E-state index contributed by atoms with van der Waals surface area (Å²) >= 11 is 0. The van der Waals surface area contributed by atoms with Gasteiger partial charge in [-0.3, -0.25) is 0 Å². The first kappa shape index (κ1) is 16.6. The van der Waals surface area contributed by atoms with E-state index >= 15 is 0 Å². The van der Waals surface area contributed by atoms with Gasteiger partial charge in [0.05, 0.1) is 20.3 Å². The molecule has 122 valence electrons. The lowest BCUT2D eigenvalue weighted by Gasteiger charge is -2.04. The van der Waals surface area contributed by atoms with Crippen LogP contribution in [0.5, 0.6) is 5.75 Å². The molecule has 0 bridgehead atoms. The van der Waals surface area contributed by atoms with Crippen LogP contribution in [-0.2, 0) is 14.3 Å². The highest BCUT2D eigenvalue weighted by molar-refractivity contribution is 6.05. The van der Waals surface area contributed by atoms with Gasteiger partial charge in [0.15, 0.2) is 11.3 Å². The van der Waals surface area contributed by atoms with Crippen LogP contribution in [0, 0.1) is 0 Å². The lowest BCUT2D eigenvalue weighted by Crippen LogP contribution is -2.03. The Morgan fingerprint density at radius 3 is 2.57 bits per heavy atom. The van der Waals surface area contributed by atoms with E-state index in [1.165, 1.54) is 19.4 Å². The molecule has 6 heteroatoms. The summed E-state index contributed by atoms with van der Waals surface area (Å²) in [4.78, 5) is 23.4. The van der Waals surface area contributed by atoms with Crippen LogP contribution in [0.3, 0.4) is 0 Å². The zero-order chi connectivity index (χ0) is 16.8. The fourth-order valence-electron chi connectivity index (χ4n) is 2.10. The average molecular weight is 318 g/mol. The lowest BCUT2D eigenvalue weighted by atomic mass is 10.1. The van der Waals surface area contributed by atoms with Crippen molar-refractivity contribution in [3.63, 3.8) is 0 Å². The zero-order valence-electron chi connectivity index (χ0n) is 13.3. The standard InChI is InChI=1S/C17H18O6/c1-4-21-15(18)7-6-11-8-12-13(17(19)22-5-2)10-23-16(12)14(9-11)20-3/h6-10H,4-5H2,1-3H3/b7-6+. The van der Waals surface area contributed by atoms with Crippen molar-refractivity contribution in [2.75, 3.05) is 20.3 Å². The number of methoxy groups -OCH3 is 1. The largest absolute Gasteiger partial charge is 0.493 e. The second kappa shape index (κ2) is 7.49. The van der Waals surface area contributed by atoms with Crippen LogP contribution in [0.4, 0.5) is 0 Å². The van der Waals surface area contributed by atoms with Crippen LogP contribution < -0.4 is 4.74 Å². The van der Waals surface area contributed by atoms with Gasteiger partial charge in [-0.1, -0.05) is 0 Å². The van der Waals surface area contributed by atoms with Crippen LogP contribution in [-0.4, -0.2) is 32.3 Å². The molecule has 0 spiro atoms. The average Bonchev–Trinajstić information content (AvgIpc) is 2.96. The number of furan rings is 1. The molecule has 0 aliphatic rings. The van der Waals surface area contributed by atoms with E-state index in [1.54, 1.807) is 32.1 Å². The van der Waals surface area contributed by atoms with Crippen LogP contribution in [0.25, 0.3) is 17.0 Å². The number of esters is 2. The van der Waals surface area contributed by atoms with Gasteiger partial charge in [-0.05, 0) is 37.6 Å². The Morgan fingerprint density at radius 2 is 1.91 bits per heavy atom. The first-order valence-electron chi connectivity index (χ1n) is 7.21. The first-order valence-corrected chi connectivity index (χ1v) is 7.21. The molecule has 1 aromatic carbocycles. The van der Waals surface area contributed by atoms with Crippen molar-refractivity contribution >= 4 is 29.0 Å². The number of ether oxygens (including phenoxy) is 3. The summed E-state index contributed by atoms with van der Waals surface area (Å²) in [6, 6.07) is 3.43. The molecule has 1 heterocycles. The SMILES string of the molecule is CCOC(=O)/C=C/c1cc(OC)c2occ(C(=O)OCC)c2c1. The number of rotatable bonds is 6. The van der Waals surface area contributed by atoms with E-state index in [9.17, 15) is 9.59 Å². The maximum Gasteiger partial charge on any atom is 0.342 e. The van der Waals surface area contributed by atoms with Gasteiger partial charge in [-0.2, -0.15) is 0 Å². The third-order valence-electron chi connectivity index (χ3n) is 3.08. The first-order chi connectivity index (χ1) is 11.1. The Labute approximate surface area is 133 Å². The number of carbonyl (C=O) groups excluding carboxylic acids is 2. The number of benzene rings is 1. The quantitative estimate of drug-likeness (QED) is 0.601. The van der Waals surface area contributed by atoms with E-state index in [1.807, 2.05) is 0 Å². The molecule has 0 atom stereocenters. The molecule has 0 radical (unpaired) electrons. The zero-order valence-corrected chi connectivity index (χ0v) is 13.3. The van der Waals surface area contributed by atoms with Crippen LogP contribution in [0.2, 0.25) is 0 Å². The number of carbonyl (C=O) groups is 2. The minimum atomic E-state index is -0.472. The summed E-state index contributed by atoms with van der Waals surface area (Å²) in [7, 11) is 1.50. The second-order valence-corrected chi connectivity index (χ2v) is 4.56. The fraction of sp³-hybridized carbons (Fsp3) is 0.294. The molecular weight excluding hydrogens is 300 g/mol. The molecule has 0 aliphatic carbocycles. The van der Waals surface area contributed by atoms with Gasteiger partial charge in [0.2, 0.25) is 0 Å². The molecule has 0 saturated heterocycles. The van der Waals surface area contributed by atoms with Crippen molar-refractivity contribution in [1.29, 1.82) is 0 Å². The Bertz CT molecular complexity index is 741. The van der Waals surface area contributed by atoms with Crippen molar-refractivity contribution in [3.05, 3.63) is 35.6 Å². The van der Waals surface area contributed by atoms with Gasteiger partial charge in [-0.25, -0.2) is 9.59 Å². The van der Waals surface area contributed by atoms with E-state index in [0.29, 0.717) is 34.5 Å². The fourth-order valence-corrected chi connectivity index (χ4v) is 2.10. The molecular formula is C17H18O6. The van der Waals surface area contributed by atoms with Crippen LogP contribution >= 0.6 is 0 Å². The van der Waals surface area contributed by atoms with Crippen molar-refractivity contribution in [1.82, 2.24) is 0 Å². The Balaban J connectivity index is 2.45. The highest BCUT2D eigenvalue weighted by Crippen LogP contribution is 2.32. The van der Waals surface area contributed by atoms with Gasteiger partial charge in [0.25, 0.3) is 0 Å². The van der Waals surface area contributed by atoms with Crippen molar-refractivity contribution in [2.24, 2.45) is 0 Å². The molecule has 23 heavy (non-hydrogen) atoms. The molecule has 0 N–H and O–H groups in total. The molecule has 0 saturated carbocycles. The van der Waals surface area contributed by atoms with E-state index in [-0.39, 0.29) is 6.61 Å². The Morgan fingerprint density at radius 1 is 1.17 bits per heavy atom. The van der Waals surface area contributed by atoms with E-state index in [0.717, 1.165) is 0 Å². The van der Waals surface area contributed by atoms with Gasteiger partial charge < -0.3 is 18.6 Å². The minimum Gasteiger partial charge on any atom is -0.493 e. The van der Waals surface area contributed by atoms with Crippen molar-refractivity contribution in [2.45, 2.75) is 13.8 Å². The summed E-state index contributed by atoms with van der Waals surface area (Å²) < 4.78 is 20.5. The van der Waals surface area contributed by atoms with Crippen molar-refractivity contribution in [3.8, 4) is 5.75 Å². The summed E-state index contributed by atoms with van der Waals surface area (Å²) in [6.45, 7) is 4.04. The summed E-state index contributed by atoms with van der Waals surface area (Å²) in [5.74, 6) is -0.453. The molecule has 1 aromatic heterocycles. The number of hydrogen-bond acceptors (Lipinski definition) is 6. The highest BCUT2D eigenvalue weighted by atomic mass is 16.5.